The molecule has 0 aromatic carbocycles. The highest BCUT2D eigenvalue weighted by Gasteiger charge is 2.17. The number of aliphatic hydroxyl groups excluding tert-OH is 1. The van der Waals surface area contributed by atoms with Crippen molar-refractivity contribution in [3.63, 3.8) is 0 Å². The Kier molecular flexibility index (Phi) is 3.26. The van der Waals surface area contributed by atoms with Crippen molar-refractivity contribution in [1.29, 1.82) is 0 Å². The summed E-state index contributed by atoms with van der Waals surface area (Å²) in [6.45, 7) is 0. The van der Waals surface area contributed by atoms with Crippen molar-refractivity contribution in [1.82, 2.24) is 0 Å². The summed E-state index contributed by atoms with van der Waals surface area (Å²) in [5.74, 6) is 0. The molecular weight excluding hydrogens is 227 g/mol. The molecule has 0 aromatic heterocycles. The van der Waals surface area contributed by atoms with Gasteiger partial charge in [0.15, 0.2) is 0 Å². The second kappa shape index (κ2) is 3.76. The SMILES string of the molecule is O[C@@H]1CCCCC[C@H]1I. The first-order valence-electron chi connectivity index (χ1n) is 3.63. The van der Waals surface area contributed by atoms with Crippen LogP contribution in [0.4, 0.5) is 0 Å². The lowest BCUT2D eigenvalue weighted by Crippen LogP contribution is -2.17. The van der Waals surface area contributed by atoms with Crippen molar-refractivity contribution in [3.8, 4) is 0 Å². The summed E-state index contributed by atoms with van der Waals surface area (Å²) in [7, 11) is 0. The Labute approximate surface area is 70.0 Å². The predicted molar refractivity (Wildman–Crippen MR) is 46.9 cm³/mol. The highest BCUT2D eigenvalue weighted by molar-refractivity contribution is 14.1. The van der Waals surface area contributed by atoms with Crippen LogP contribution < -0.4 is 0 Å². The van der Waals surface area contributed by atoms with E-state index in [1.54, 1.807) is 0 Å². The number of hydrogen-bond donors (Lipinski definition) is 1. The lowest BCUT2D eigenvalue weighted by Gasteiger charge is -2.11. The monoisotopic (exact) mass is 240 g/mol. The largest absolute Gasteiger partial charge is 0.392 e. The van der Waals surface area contributed by atoms with Gasteiger partial charge in [0.1, 0.15) is 0 Å². The van der Waals surface area contributed by atoms with Crippen LogP contribution in [-0.2, 0) is 0 Å². The summed E-state index contributed by atoms with van der Waals surface area (Å²) in [5, 5.41) is 9.35. The molecule has 2 atom stereocenters. The van der Waals surface area contributed by atoms with E-state index in [0.29, 0.717) is 3.92 Å². The molecule has 0 spiro atoms. The Morgan fingerprint density at radius 1 is 1.11 bits per heavy atom. The summed E-state index contributed by atoms with van der Waals surface area (Å²) < 4.78 is 0.519. The minimum absolute atomic E-state index is 0.0203. The Bertz CT molecular complexity index is 75.0. The Hall–Kier alpha value is 0.690. The van der Waals surface area contributed by atoms with Crippen LogP contribution in [0.1, 0.15) is 32.1 Å². The lowest BCUT2D eigenvalue weighted by molar-refractivity contribution is 0.168. The Balaban J connectivity index is 2.32. The summed E-state index contributed by atoms with van der Waals surface area (Å²) >= 11 is 2.36. The Morgan fingerprint density at radius 2 is 1.78 bits per heavy atom. The van der Waals surface area contributed by atoms with E-state index < -0.39 is 0 Å². The molecular formula is C7H13IO. The summed E-state index contributed by atoms with van der Waals surface area (Å²) in [6, 6.07) is 0. The molecule has 1 aliphatic carbocycles. The highest BCUT2D eigenvalue weighted by atomic mass is 127. The average Bonchev–Trinajstić information content (AvgIpc) is 1.99. The predicted octanol–water partition coefficient (Wildman–Crippen LogP) is 2.12. The van der Waals surface area contributed by atoms with E-state index in [-0.39, 0.29) is 6.10 Å². The Morgan fingerprint density at radius 3 is 2.56 bits per heavy atom. The van der Waals surface area contributed by atoms with Gasteiger partial charge in [-0.25, -0.2) is 0 Å². The van der Waals surface area contributed by atoms with Crippen molar-refractivity contribution >= 4 is 22.6 Å². The molecule has 1 saturated carbocycles. The molecule has 0 radical (unpaired) electrons. The number of hydrogen-bond acceptors (Lipinski definition) is 1. The van der Waals surface area contributed by atoms with Crippen LogP contribution in [0.5, 0.6) is 0 Å². The third-order valence-electron chi connectivity index (χ3n) is 1.90. The molecule has 1 fully saturated rings. The number of aliphatic hydroxyl groups is 1. The van der Waals surface area contributed by atoms with Gasteiger partial charge in [-0.05, 0) is 12.8 Å². The van der Waals surface area contributed by atoms with Crippen molar-refractivity contribution in [3.05, 3.63) is 0 Å². The van der Waals surface area contributed by atoms with Crippen LogP contribution in [0.2, 0.25) is 0 Å². The lowest BCUT2D eigenvalue weighted by atomic mass is 10.2. The van der Waals surface area contributed by atoms with E-state index in [4.69, 9.17) is 0 Å². The topological polar surface area (TPSA) is 20.2 Å². The van der Waals surface area contributed by atoms with Gasteiger partial charge in [0.05, 0.1) is 6.10 Å². The molecule has 0 aliphatic heterocycles. The molecule has 1 N–H and O–H groups in total. The van der Waals surface area contributed by atoms with Gasteiger partial charge in [0.2, 0.25) is 0 Å². The maximum Gasteiger partial charge on any atom is 0.0657 e. The summed E-state index contributed by atoms with van der Waals surface area (Å²) in [6.07, 6.45) is 6.06. The van der Waals surface area contributed by atoms with Crippen LogP contribution in [0.15, 0.2) is 0 Å². The van der Waals surface area contributed by atoms with Gasteiger partial charge in [0, 0.05) is 3.92 Å². The molecule has 0 bridgehead atoms. The normalized spacial score (nSPS) is 38.0. The molecule has 0 amide bonds. The summed E-state index contributed by atoms with van der Waals surface area (Å²) in [4.78, 5) is 0. The van der Waals surface area contributed by atoms with Crippen LogP contribution in [-0.4, -0.2) is 15.1 Å². The quantitative estimate of drug-likeness (QED) is 0.390. The van der Waals surface area contributed by atoms with E-state index in [2.05, 4.69) is 22.6 Å². The fourth-order valence-electron chi connectivity index (χ4n) is 1.24. The second-order valence-corrected chi connectivity index (χ2v) is 4.32. The molecule has 9 heavy (non-hydrogen) atoms. The molecule has 0 aromatic rings. The molecule has 1 rings (SSSR count). The maximum absolute atomic E-state index is 9.35. The molecule has 2 heteroatoms. The standard InChI is InChI=1S/C7H13IO/c8-6-4-2-1-3-5-7(6)9/h6-7,9H,1-5H2/t6-,7-/m1/s1. The van der Waals surface area contributed by atoms with E-state index in [9.17, 15) is 5.11 Å². The van der Waals surface area contributed by atoms with E-state index in [1.807, 2.05) is 0 Å². The zero-order chi connectivity index (χ0) is 6.69. The first kappa shape index (κ1) is 7.79. The van der Waals surface area contributed by atoms with E-state index in [1.165, 1.54) is 25.7 Å². The van der Waals surface area contributed by atoms with Crippen LogP contribution in [0, 0.1) is 0 Å². The van der Waals surface area contributed by atoms with Crippen molar-refractivity contribution in [2.75, 3.05) is 0 Å². The van der Waals surface area contributed by atoms with Gasteiger partial charge in [-0.15, -0.1) is 0 Å². The fourth-order valence-corrected chi connectivity index (χ4v) is 2.04. The zero-order valence-electron chi connectivity index (χ0n) is 5.52. The molecule has 0 heterocycles. The molecule has 1 aliphatic rings. The number of halogens is 1. The third kappa shape index (κ3) is 2.42. The van der Waals surface area contributed by atoms with Crippen LogP contribution in [0.3, 0.4) is 0 Å². The molecule has 1 nitrogen and oxygen atoms in total. The van der Waals surface area contributed by atoms with Crippen molar-refractivity contribution in [2.24, 2.45) is 0 Å². The van der Waals surface area contributed by atoms with Crippen LogP contribution >= 0.6 is 22.6 Å². The van der Waals surface area contributed by atoms with Crippen LogP contribution in [0.25, 0.3) is 0 Å². The van der Waals surface area contributed by atoms with Crippen molar-refractivity contribution < 1.29 is 5.11 Å². The minimum Gasteiger partial charge on any atom is -0.392 e. The zero-order valence-corrected chi connectivity index (χ0v) is 7.67. The minimum atomic E-state index is -0.0203. The fraction of sp³-hybridized carbons (Fsp3) is 1.00. The van der Waals surface area contributed by atoms with E-state index >= 15 is 0 Å². The average molecular weight is 240 g/mol. The van der Waals surface area contributed by atoms with Gasteiger partial charge in [-0.1, -0.05) is 41.9 Å². The smallest absolute Gasteiger partial charge is 0.0657 e. The molecule has 0 saturated heterocycles. The highest BCUT2D eigenvalue weighted by Crippen LogP contribution is 2.23. The summed E-state index contributed by atoms with van der Waals surface area (Å²) in [5.41, 5.74) is 0. The first-order valence-corrected chi connectivity index (χ1v) is 4.87. The van der Waals surface area contributed by atoms with Crippen molar-refractivity contribution in [2.45, 2.75) is 42.1 Å². The van der Waals surface area contributed by atoms with E-state index in [0.717, 1.165) is 6.42 Å². The first-order chi connectivity index (χ1) is 4.30. The van der Waals surface area contributed by atoms with Gasteiger partial charge in [-0.2, -0.15) is 0 Å². The molecule has 0 unspecified atom stereocenters. The molecule has 54 valence electrons. The van der Waals surface area contributed by atoms with Gasteiger partial charge in [-0.3, -0.25) is 0 Å². The number of rotatable bonds is 0. The van der Waals surface area contributed by atoms with Gasteiger partial charge in [0.25, 0.3) is 0 Å². The van der Waals surface area contributed by atoms with Gasteiger partial charge < -0.3 is 5.11 Å². The van der Waals surface area contributed by atoms with Gasteiger partial charge >= 0.3 is 0 Å². The second-order valence-electron chi connectivity index (χ2n) is 2.72. The third-order valence-corrected chi connectivity index (χ3v) is 3.35. The maximum atomic E-state index is 9.35. The number of alkyl halides is 1.